The molecule has 0 spiro atoms. The second-order valence-corrected chi connectivity index (χ2v) is 11.7. The van der Waals surface area contributed by atoms with Crippen LogP contribution in [0.25, 0.3) is 22.1 Å². The van der Waals surface area contributed by atoms with E-state index in [9.17, 15) is 8.42 Å². The molecule has 9 nitrogen and oxygen atoms in total. The lowest BCUT2D eigenvalue weighted by atomic mass is 10.0. The maximum atomic E-state index is 13.4. The Bertz CT molecular complexity index is 1560. The third kappa shape index (κ3) is 4.41. The van der Waals surface area contributed by atoms with Crippen LogP contribution in [0.2, 0.25) is 0 Å². The van der Waals surface area contributed by atoms with Crippen molar-refractivity contribution >= 4 is 32.1 Å². The van der Waals surface area contributed by atoms with Gasteiger partial charge in [0, 0.05) is 56.7 Å². The minimum Gasteiger partial charge on any atom is -0.378 e. The van der Waals surface area contributed by atoms with Crippen LogP contribution in [0.1, 0.15) is 44.0 Å². The molecule has 2 saturated heterocycles. The number of fused-ring (bicyclic) bond motifs is 3. The van der Waals surface area contributed by atoms with E-state index < -0.39 is 10.0 Å². The van der Waals surface area contributed by atoms with Crippen LogP contribution in [0.15, 0.2) is 53.7 Å². The zero-order chi connectivity index (χ0) is 25.4. The molecule has 2 fully saturated rings. The van der Waals surface area contributed by atoms with Gasteiger partial charge in [0.25, 0.3) is 10.0 Å². The minimum absolute atomic E-state index is 0.151. The molecule has 0 bridgehead atoms. The molecule has 0 N–H and O–H groups in total. The number of nitriles is 1. The summed E-state index contributed by atoms with van der Waals surface area (Å²) in [6.07, 6.45) is 8.70. The van der Waals surface area contributed by atoms with Crippen molar-refractivity contribution in [2.75, 3.05) is 26.2 Å². The number of piperidine rings is 1. The zero-order valence-corrected chi connectivity index (χ0v) is 21.5. The van der Waals surface area contributed by atoms with Crippen molar-refractivity contribution in [2.24, 2.45) is 0 Å². The molecule has 192 valence electrons. The van der Waals surface area contributed by atoms with E-state index in [1.807, 2.05) is 6.07 Å². The summed E-state index contributed by atoms with van der Waals surface area (Å²) in [7, 11) is -3.79. The summed E-state index contributed by atoms with van der Waals surface area (Å²) in [5.41, 5.74) is 2.13. The number of hydrogen-bond donors (Lipinski definition) is 0. The molecule has 4 aromatic rings. The Balaban J connectivity index is 1.45. The topological polar surface area (TPSA) is 106 Å². The highest BCUT2D eigenvalue weighted by atomic mass is 32.2. The number of pyridine rings is 1. The number of benzene rings is 1. The first-order valence-corrected chi connectivity index (χ1v) is 14.4. The van der Waals surface area contributed by atoms with E-state index in [-0.39, 0.29) is 17.0 Å². The maximum Gasteiger partial charge on any atom is 0.269 e. The van der Waals surface area contributed by atoms with Gasteiger partial charge in [0.2, 0.25) is 0 Å². The van der Waals surface area contributed by atoms with E-state index >= 15 is 0 Å². The van der Waals surface area contributed by atoms with Gasteiger partial charge >= 0.3 is 0 Å². The molecule has 6 rings (SSSR count). The normalized spacial score (nSPS) is 19.6. The van der Waals surface area contributed by atoms with E-state index in [1.54, 1.807) is 42.7 Å². The van der Waals surface area contributed by atoms with Crippen LogP contribution in [0.5, 0.6) is 0 Å². The number of rotatable bonds is 7. The fourth-order valence-corrected chi connectivity index (χ4v) is 7.07. The fraction of sp³-hybridized carbons (Fsp3) is 0.444. The zero-order valence-electron chi connectivity index (χ0n) is 20.7. The van der Waals surface area contributed by atoms with Crippen LogP contribution in [-0.4, -0.2) is 64.2 Å². The van der Waals surface area contributed by atoms with E-state index in [4.69, 9.17) is 15.0 Å². The van der Waals surface area contributed by atoms with E-state index in [0.29, 0.717) is 12.1 Å². The highest BCUT2D eigenvalue weighted by Gasteiger charge is 2.29. The molecule has 0 radical (unpaired) electrons. The first-order valence-electron chi connectivity index (χ1n) is 12.9. The van der Waals surface area contributed by atoms with Crippen molar-refractivity contribution in [2.45, 2.75) is 55.6 Å². The van der Waals surface area contributed by atoms with E-state index in [1.165, 1.54) is 3.97 Å². The van der Waals surface area contributed by atoms with Crippen LogP contribution in [0, 0.1) is 11.3 Å². The van der Waals surface area contributed by atoms with Crippen LogP contribution >= 0.6 is 0 Å². The summed E-state index contributed by atoms with van der Waals surface area (Å²) in [6, 6.07) is 12.8. The van der Waals surface area contributed by atoms with Crippen LogP contribution in [0.3, 0.4) is 0 Å². The number of nitrogens with zero attached hydrogens (tertiary/aromatic N) is 6. The first-order chi connectivity index (χ1) is 18.1. The lowest BCUT2D eigenvalue weighted by Gasteiger charge is -2.33. The number of ether oxygens (including phenoxy) is 1. The molecule has 3 aromatic heterocycles. The van der Waals surface area contributed by atoms with Gasteiger partial charge in [-0.2, -0.15) is 5.26 Å². The van der Waals surface area contributed by atoms with Gasteiger partial charge in [0.1, 0.15) is 11.3 Å². The van der Waals surface area contributed by atoms with Crippen molar-refractivity contribution in [1.29, 1.82) is 5.26 Å². The third-order valence-corrected chi connectivity index (χ3v) is 9.28. The predicted octanol–water partition coefficient (Wildman–Crippen LogP) is 3.90. The van der Waals surface area contributed by atoms with Crippen LogP contribution in [0.4, 0.5) is 0 Å². The Kier molecular flexibility index (Phi) is 6.44. The second kappa shape index (κ2) is 9.89. The molecule has 0 amide bonds. The van der Waals surface area contributed by atoms with Crippen molar-refractivity contribution in [1.82, 2.24) is 23.4 Å². The van der Waals surface area contributed by atoms with Gasteiger partial charge in [0.15, 0.2) is 5.65 Å². The summed E-state index contributed by atoms with van der Waals surface area (Å²) in [4.78, 5) is 12.2. The van der Waals surface area contributed by atoms with Gasteiger partial charge in [-0.3, -0.25) is 0 Å². The van der Waals surface area contributed by atoms with Crippen LogP contribution in [-0.2, 0) is 21.2 Å². The van der Waals surface area contributed by atoms with Crippen LogP contribution < -0.4 is 0 Å². The van der Waals surface area contributed by atoms with E-state index in [0.717, 1.165) is 80.6 Å². The predicted molar refractivity (Wildman–Crippen MR) is 140 cm³/mol. The van der Waals surface area contributed by atoms with Crippen molar-refractivity contribution in [3.05, 3.63) is 54.6 Å². The molecule has 37 heavy (non-hydrogen) atoms. The molecule has 0 saturated carbocycles. The largest absolute Gasteiger partial charge is 0.378 e. The standard InChI is InChI=1S/C27H30N6O3S/c28-12-5-13-31-14-9-20(10-15-31)33-25(18-21-6-4-17-36-21)30-24-19-29-27-23(26(24)33)11-16-32(27)37(34,35)22-7-2-1-3-8-22/h1-3,7-8,11,16,19-21H,4-6,9-10,13-15,17-18H2. The van der Waals surface area contributed by atoms with Gasteiger partial charge in [-0.15, -0.1) is 0 Å². The highest BCUT2D eigenvalue weighted by molar-refractivity contribution is 7.90. The van der Waals surface area contributed by atoms with Gasteiger partial charge in [-0.05, 0) is 43.9 Å². The Morgan fingerprint density at radius 1 is 1.11 bits per heavy atom. The lowest BCUT2D eigenvalue weighted by molar-refractivity contribution is 0.108. The number of aromatic nitrogens is 4. The molecule has 2 aliphatic heterocycles. The SMILES string of the molecule is N#CCCN1CCC(n2c(CC3CCCO3)nc3cnc4c(ccn4S(=O)(=O)c4ccccc4)c32)CC1. The molecule has 0 aliphatic carbocycles. The fourth-order valence-electron chi connectivity index (χ4n) is 5.75. The lowest BCUT2D eigenvalue weighted by Crippen LogP contribution is -2.35. The summed E-state index contributed by atoms with van der Waals surface area (Å²) < 4.78 is 36.5. The van der Waals surface area contributed by atoms with Gasteiger partial charge in [-0.1, -0.05) is 18.2 Å². The highest BCUT2D eigenvalue weighted by Crippen LogP contribution is 2.35. The van der Waals surface area contributed by atoms with Crippen molar-refractivity contribution < 1.29 is 13.2 Å². The Morgan fingerprint density at radius 2 is 1.92 bits per heavy atom. The molecule has 1 aromatic carbocycles. The Labute approximate surface area is 216 Å². The third-order valence-electron chi connectivity index (χ3n) is 7.60. The average Bonchev–Trinajstić information content (AvgIpc) is 3.67. The smallest absolute Gasteiger partial charge is 0.269 e. The van der Waals surface area contributed by atoms with E-state index in [2.05, 4.69) is 20.5 Å². The molecule has 2 aliphatic rings. The second-order valence-electron chi connectivity index (χ2n) is 9.88. The monoisotopic (exact) mass is 518 g/mol. The molecular formula is C27H30N6O3S. The minimum atomic E-state index is -3.79. The summed E-state index contributed by atoms with van der Waals surface area (Å²) >= 11 is 0. The first kappa shape index (κ1) is 24.1. The molecular weight excluding hydrogens is 488 g/mol. The molecule has 5 heterocycles. The molecule has 1 unspecified atom stereocenters. The number of imidazole rings is 1. The van der Waals surface area contributed by atoms with Gasteiger partial charge in [-0.25, -0.2) is 22.4 Å². The van der Waals surface area contributed by atoms with Crippen molar-refractivity contribution in [3.8, 4) is 6.07 Å². The van der Waals surface area contributed by atoms with Gasteiger partial charge < -0.3 is 14.2 Å². The Morgan fingerprint density at radius 3 is 2.65 bits per heavy atom. The summed E-state index contributed by atoms with van der Waals surface area (Å²) in [5, 5.41) is 9.76. The molecule has 1 atom stereocenters. The number of likely N-dealkylation sites (tertiary alicyclic amines) is 1. The van der Waals surface area contributed by atoms with Crippen molar-refractivity contribution in [3.63, 3.8) is 0 Å². The molecule has 10 heteroatoms. The van der Waals surface area contributed by atoms with Gasteiger partial charge in [0.05, 0.1) is 28.8 Å². The quantitative estimate of drug-likeness (QED) is 0.365. The number of hydrogen-bond acceptors (Lipinski definition) is 7. The summed E-state index contributed by atoms with van der Waals surface area (Å²) in [5.74, 6) is 0.977. The Hall–Kier alpha value is -3.26. The average molecular weight is 519 g/mol. The maximum absolute atomic E-state index is 13.4. The summed E-state index contributed by atoms with van der Waals surface area (Å²) in [6.45, 7) is 3.42.